The van der Waals surface area contributed by atoms with Crippen LogP contribution in [-0.2, 0) is 13.1 Å². The van der Waals surface area contributed by atoms with Gasteiger partial charge >= 0.3 is 6.03 Å². The second-order valence-corrected chi connectivity index (χ2v) is 7.81. The monoisotopic (exact) mass is 394 g/mol. The fourth-order valence-electron chi connectivity index (χ4n) is 3.50. The third kappa shape index (κ3) is 6.32. The van der Waals surface area contributed by atoms with Gasteiger partial charge in [0, 0.05) is 37.8 Å². The van der Waals surface area contributed by atoms with E-state index in [9.17, 15) is 9.59 Å². The third-order valence-electron chi connectivity index (χ3n) is 5.12. The number of rotatable bonds is 6. The molecule has 1 saturated heterocycles. The first-order valence-corrected chi connectivity index (χ1v) is 10.1. The van der Waals surface area contributed by atoms with Crippen LogP contribution in [0.2, 0.25) is 0 Å². The number of nitrogens with one attached hydrogen (secondary N) is 2. The summed E-state index contributed by atoms with van der Waals surface area (Å²) in [7, 11) is 4.09. The second-order valence-electron chi connectivity index (χ2n) is 7.81. The van der Waals surface area contributed by atoms with Gasteiger partial charge in [-0.2, -0.15) is 0 Å². The molecule has 6 heteroatoms. The number of hydrogen-bond acceptors (Lipinski definition) is 3. The molecular weight excluding hydrogens is 364 g/mol. The van der Waals surface area contributed by atoms with Crippen molar-refractivity contribution in [1.82, 2.24) is 20.4 Å². The summed E-state index contributed by atoms with van der Waals surface area (Å²) in [4.78, 5) is 28.7. The lowest BCUT2D eigenvalue weighted by molar-refractivity contribution is 0.0918. The summed E-state index contributed by atoms with van der Waals surface area (Å²) in [5.41, 5.74) is 3.01. The fraction of sp³-hybridized carbons (Fsp3) is 0.391. The minimum absolute atomic E-state index is 0.0461. The number of amides is 3. The highest BCUT2D eigenvalue weighted by Crippen LogP contribution is 2.12. The molecular formula is C23H30N4O2. The molecule has 3 amide bonds. The van der Waals surface area contributed by atoms with Crippen LogP contribution < -0.4 is 10.6 Å². The summed E-state index contributed by atoms with van der Waals surface area (Å²) in [6.07, 6.45) is 1.54. The van der Waals surface area contributed by atoms with E-state index in [1.807, 2.05) is 49.3 Å². The molecule has 0 unspecified atom stereocenters. The molecule has 2 aromatic rings. The minimum Gasteiger partial charge on any atom is -0.349 e. The Bertz CT molecular complexity index is 797. The molecule has 1 aliphatic heterocycles. The molecule has 0 spiro atoms. The summed E-state index contributed by atoms with van der Waals surface area (Å²) in [6, 6.07) is 17.6. The molecule has 1 heterocycles. The molecule has 2 N–H and O–H groups in total. The van der Waals surface area contributed by atoms with Crippen molar-refractivity contribution >= 4 is 11.9 Å². The van der Waals surface area contributed by atoms with Gasteiger partial charge in [-0.05, 0) is 50.2 Å². The lowest BCUT2D eigenvalue weighted by atomic mass is 10.0. The molecule has 1 fully saturated rings. The molecule has 0 aromatic heterocycles. The van der Waals surface area contributed by atoms with E-state index in [1.54, 1.807) is 0 Å². The van der Waals surface area contributed by atoms with Crippen molar-refractivity contribution in [3.05, 3.63) is 71.3 Å². The summed E-state index contributed by atoms with van der Waals surface area (Å²) in [5.74, 6) is -0.0498. The normalized spacial score (nSPS) is 14.7. The largest absolute Gasteiger partial charge is 0.349 e. The molecule has 6 nitrogen and oxygen atoms in total. The van der Waals surface area contributed by atoms with Crippen LogP contribution in [0.4, 0.5) is 4.79 Å². The predicted molar refractivity (Wildman–Crippen MR) is 115 cm³/mol. The van der Waals surface area contributed by atoms with Gasteiger partial charge in [-0.25, -0.2) is 4.79 Å². The van der Waals surface area contributed by atoms with Gasteiger partial charge in [0.1, 0.15) is 0 Å². The van der Waals surface area contributed by atoms with Crippen LogP contribution >= 0.6 is 0 Å². The molecule has 2 aromatic carbocycles. The Labute approximate surface area is 172 Å². The van der Waals surface area contributed by atoms with Crippen molar-refractivity contribution in [2.75, 3.05) is 27.2 Å². The van der Waals surface area contributed by atoms with E-state index in [0.29, 0.717) is 25.2 Å². The van der Waals surface area contributed by atoms with E-state index in [0.717, 1.165) is 24.9 Å². The second kappa shape index (κ2) is 10.1. The maximum atomic E-state index is 12.5. The molecule has 154 valence electrons. The Balaban J connectivity index is 1.40. The molecule has 29 heavy (non-hydrogen) atoms. The zero-order valence-electron chi connectivity index (χ0n) is 17.2. The van der Waals surface area contributed by atoms with Crippen LogP contribution in [-0.4, -0.2) is 55.0 Å². The van der Waals surface area contributed by atoms with Crippen molar-refractivity contribution in [3.63, 3.8) is 0 Å². The fourth-order valence-corrected chi connectivity index (χ4v) is 3.50. The van der Waals surface area contributed by atoms with Gasteiger partial charge in [0.25, 0.3) is 5.91 Å². The zero-order chi connectivity index (χ0) is 20.6. The Morgan fingerprint density at radius 2 is 1.59 bits per heavy atom. The van der Waals surface area contributed by atoms with Crippen molar-refractivity contribution in [2.24, 2.45) is 0 Å². The maximum Gasteiger partial charge on any atom is 0.317 e. The van der Waals surface area contributed by atoms with Crippen LogP contribution in [0.25, 0.3) is 0 Å². The number of likely N-dealkylation sites (tertiary alicyclic amines) is 1. The van der Waals surface area contributed by atoms with E-state index in [4.69, 9.17) is 0 Å². The maximum absolute atomic E-state index is 12.5. The molecule has 0 atom stereocenters. The first-order chi connectivity index (χ1) is 14.0. The Morgan fingerprint density at radius 1 is 0.966 bits per heavy atom. The van der Waals surface area contributed by atoms with E-state index in [1.165, 1.54) is 5.56 Å². The zero-order valence-corrected chi connectivity index (χ0v) is 17.2. The van der Waals surface area contributed by atoms with E-state index in [2.05, 4.69) is 39.8 Å². The van der Waals surface area contributed by atoms with E-state index in [-0.39, 0.29) is 18.0 Å². The van der Waals surface area contributed by atoms with Crippen molar-refractivity contribution in [2.45, 2.75) is 32.0 Å². The van der Waals surface area contributed by atoms with Gasteiger partial charge in [-0.1, -0.05) is 42.5 Å². The van der Waals surface area contributed by atoms with Crippen molar-refractivity contribution < 1.29 is 9.59 Å². The van der Waals surface area contributed by atoms with Crippen molar-refractivity contribution in [3.8, 4) is 0 Å². The Kier molecular flexibility index (Phi) is 7.25. The van der Waals surface area contributed by atoms with Gasteiger partial charge in [0.15, 0.2) is 0 Å². The summed E-state index contributed by atoms with van der Waals surface area (Å²) < 4.78 is 0. The minimum atomic E-state index is -0.0498. The van der Waals surface area contributed by atoms with Crippen LogP contribution in [0.3, 0.4) is 0 Å². The molecule has 0 saturated carbocycles. The number of benzene rings is 2. The highest BCUT2D eigenvalue weighted by Gasteiger charge is 2.24. The topological polar surface area (TPSA) is 64.7 Å². The number of nitrogens with zero attached hydrogens (tertiary/aromatic N) is 2. The lowest BCUT2D eigenvalue weighted by Gasteiger charge is -2.32. The molecule has 0 aliphatic carbocycles. The van der Waals surface area contributed by atoms with Gasteiger partial charge in [-0.3, -0.25) is 4.79 Å². The number of urea groups is 1. The van der Waals surface area contributed by atoms with Crippen LogP contribution in [0.15, 0.2) is 54.6 Å². The first kappa shape index (κ1) is 20.9. The van der Waals surface area contributed by atoms with Crippen LogP contribution in [0, 0.1) is 0 Å². The standard InChI is InChI=1S/C23H30N4O2/c1-26(2)17-19-10-8-18(9-11-19)16-24-23(29)27-14-12-21(13-15-27)25-22(28)20-6-4-3-5-7-20/h3-11,21H,12-17H2,1-2H3,(H,24,29)(H,25,28). The van der Waals surface area contributed by atoms with E-state index >= 15 is 0 Å². The number of carbonyl (C=O) groups excluding carboxylic acids is 2. The summed E-state index contributed by atoms with van der Waals surface area (Å²) >= 11 is 0. The van der Waals surface area contributed by atoms with Crippen molar-refractivity contribution in [1.29, 1.82) is 0 Å². The quantitative estimate of drug-likeness (QED) is 0.792. The highest BCUT2D eigenvalue weighted by molar-refractivity contribution is 5.94. The molecule has 0 bridgehead atoms. The third-order valence-corrected chi connectivity index (χ3v) is 5.12. The number of piperidine rings is 1. The van der Waals surface area contributed by atoms with Crippen LogP contribution in [0.5, 0.6) is 0 Å². The molecule has 0 radical (unpaired) electrons. The summed E-state index contributed by atoms with van der Waals surface area (Å²) in [5, 5.41) is 6.07. The highest BCUT2D eigenvalue weighted by atomic mass is 16.2. The van der Waals surface area contributed by atoms with Crippen LogP contribution in [0.1, 0.15) is 34.3 Å². The Hall–Kier alpha value is -2.86. The SMILES string of the molecule is CN(C)Cc1ccc(CNC(=O)N2CCC(NC(=O)c3ccccc3)CC2)cc1. The average Bonchev–Trinajstić information content (AvgIpc) is 2.74. The number of carbonyl (C=O) groups is 2. The molecule has 1 aliphatic rings. The average molecular weight is 395 g/mol. The molecule has 3 rings (SSSR count). The van der Waals surface area contributed by atoms with Gasteiger partial charge in [0.2, 0.25) is 0 Å². The number of hydrogen-bond donors (Lipinski definition) is 2. The smallest absolute Gasteiger partial charge is 0.317 e. The lowest BCUT2D eigenvalue weighted by Crippen LogP contribution is -2.49. The van der Waals surface area contributed by atoms with Gasteiger partial charge in [-0.15, -0.1) is 0 Å². The predicted octanol–water partition coefficient (Wildman–Crippen LogP) is 2.85. The van der Waals surface area contributed by atoms with Gasteiger partial charge in [0.05, 0.1) is 0 Å². The summed E-state index contributed by atoms with van der Waals surface area (Å²) in [6.45, 7) is 2.72. The van der Waals surface area contributed by atoms with Gasteiger partial charge < -0.3 is 20.4 Å². The van der Waals surface area contributed by atoms with E-state index < -0.39 is 0 Å². The Morgan fingerprint density at radius 3 is 2.21 bits per heavy atom. The first-order valence-electron chi connectivity index (χ1n) is 10.1.